The van der Waals surface area contributed by atoms with Crippen LogP contribution >= 0.6 is 0 Å². The number of carbonyl (C=O) groups is 2. The molecule has 0 amide bonds. The summed E-state index contributed by atoms with van der Waals surface area (Å²) in [5, 5.41) is 46.3. The standard InChI is InChI=1S/C17H11NO6/c18-8-11(5-9-1-3-12(19)14(21)6-9)17(24)16(23)10-2-4-13(20)15(22)7-10/h1-7,19-22H/b11-5+. The van der Waals surface area contributed by atoms with Gasteiger partial charge in [-0.05, 0) is 42.0 Å². The highest BCUT2D eigenvalue weighted by atomic mass is 16.3. The van der Waals surface area contributed by atoms with Crippen LogP contribution in [0.25, 0.3) is 6.08 Å². The minimum absolute atomic E-state index is 0.190. The summed E-state index contributed by atoms with van der Waals surface area (Å²) in [4.78, 5) is 24.2. The summed E-state index contributed by atoms with van der Waals surface area (Å²) in [5.74, 6) is -3.98. The van der Waals surface area contributed by atoms with E-state index in [0.29, 0.717) is 0 Å². The van der Waals surface area contributed by atoms with Gasteiger partial charge in [-0.2, -0.15) is 5.26 Å². The molecule has 0 heterocycles. The number of rotatable bonds is 4. The Hall–Kier alpha value is -3.79. The summed E-state index contributed by atoms with van der Waals surface area (Å²) < 4.78 is 0. The lowest BCUT2D eigenvalue weighted by Gasteiger charge is -2.03. The van der Waals surface area contributed by atoms with E-state index in [1.54, 1.807) is 6.07 Å². The Labute approximate surface area is 136 Å². The molecule has 0 saturated heterocycles. The van der Waals surface area contributed by atoms with Crippen molar-refractivity contribution in [3.63, 3.8) is 0 Å². The molecular formula is C17H11NO6. The summed E-state index contributed by atoms with van der Waals surface area (Å²) in [7, 11) is 0. The molecule has 0 aliphatic rings. The lowest BCUT2D eigenvalue weighted by atomic mass is 10.00. The van der Waals surface area contributed by atoms with Crippen molar-refractivity contribution >= 4 is 17.6 Å². The quantitative estimate of drug-likeness (QED) is 0.221. The van der Waals surface area contributed by atoms with Crippen LogP contribution in [0.3, 0.4) is 0 Å². The van der Waals surface area contributed by atoms with E-state index in [0.717, 1.165) is 30.3 Å². The molecule has 0 aliphatic heterocycles. The van der Waals surface area contributed by atoms with Crippen LogP contribution in [-0.4, -0.2) is 32.0 Å². The first-order chi connectivity index (χ1) is 11.3. The molecule has 2 aromatic rings. The van der Waals surface area contributed by atoms with Gasteiger partial charge in [-0.1, -0.05) is 6.07 Å². The smallest absolute Gasteiger partial charge is 0.244 e. The predicted octanol–water partition coefficient (Wildman–Crippen LogP) is 1.87. The third-order valence-electron chi connectivity index (χ3n) is 3.12. The van der Waals surface area contributed by atoms with Gasteiger partial charge in [0.25, 0.3) is 0 Å². The summed E-state index contributed by atoms with van der Waals surface area (Å²) >= 11 is 0. The summed E-state index contributed by atoms with van der Waals surface area (Å²) in [6.45, 7) is 0. The Morgan fingerprint density at radius 3 is 2.00 bits per heavy atom. The van der Waals surface area contributed by atoms with Gasteiger partial charge in [0.15, 0.2) is 23.0 Å². The number of hydrogen-bond acceptors (Lipinski definition) is 7. The molecule has 0 aliphatic carbocycles. The molecule has 0 bridgehead atoms. The van der Waals surface area contributed by atoms with Gasteiger partial charge >= 0.3 is 0 Å². The van der Waals surface area contributed by atoms with Crippen molar-refractivity contribution in [2.75, 3.05) is 0 Å². The fourth-order valence-corrected chi connectivity index (χ4v) is 1.86. The molecule has 120 valence electrons. The number of allylic oxidation sites excluding steroid dienone is 1. The fraction of sp³-hybridized carbons (Fsp3) is 0. The Morgan fingerprint density at radius 1 is 0.875 bits per heavy atom. The number of phenols is 4. The number of ketones is 2. The van der Waals surface area contributed by atoms with Crippen LogP contribution in [0.2, 0.25) is 0 Å². The zero-order valence-corrected chi connectivity index (χ0v) is 12.1. The summed E-state index contributed by atoms with van der Waals surface area (Å²) in [6.07, 6.45) is 1.08. The van der Waals surface area contributed by atoms with E-state index >= 15 is 0 Å². The average Bonchev–Trinajstić information content (AvgIpc) is 2.57. The average molecular weight is 325 g/mol. The maximum atomic E-state index is 12.1. The maximum absolute atomic E-state index is 12.1. The monoisotopic (exact) mass is 325 g/mol. The van der Waals surface area contributed by atoms with Crippen LogP contribution in [-0.2, 0) is 4.79 Å². The molecule has 0 saturated carbocycles. The number of carbonyl (C=O) groups excluding carboxylic acids is 2. The number of nitriles is 1. The third kappa shape index (κ3) is 3.34. The maximum Gasteiger partial charge on any atom is 0.244 e. The second kappa shape index (κ2) is 6.54. The molecule has 0 spiro atoms. The van der Waals surface area contributed by atoms with E-state index in [9.17, 15) is 30.0 Å². The van der Waals surface area contributed by atoms with Gasteiger partial charge in [-0.15, -0.1) is 0 Å². The number of hydrogen-bond donors (Lipinski definition) is 4. The molecule has 7 heteroatoms. The van der Waals surface area contributed by atoms with Gasteiger partial charge in [0.05, 0.1) is 0 Å². The largest absolute Gasteiger partial charge is 0.504 e. The van der Waals surface area contributed by atoms with Gasteiger partial charge in [0.1, 0.15) is 11.6 Å². The third-order valence-corrected chi connectivity index (χ3v) is 3.12. The number of benzene rings is 2. The molecule has 4 N–H and O–H groups in total. The van der Waals surface area contributed by atoms with Crippen LogP contribution in [0.15, 0.2) is 42.0 Å². The SMILES string of the molecule is N#C/C(=C\c1ccc(O)c(O)c1)C(=O)C(=O)c1ccc(O)c(O)c1. The molecule has 24 heavy (non-hydrogen) atoms. The number of nitrogens with zero attached hydrogens (tertiary/aromatic N) is 1. The topological polar surface area (TPSA) is 139 Å². The predicted molar refractivity (Wildman–Crippen MR) is 82.5 cm³/mol. The molecule has 0 aromatic heterocycles. The van der Waals surface area contributed by atoms with Crippen molar-refractivity contribution in [2.45, 2.75) is 0 Å². The second-order valence-corrected chi connectivity index (χ2v) is 4.78. The van der Waals surface area contributed by atoms with Crippen LogP contribution < -0.4 is 0 Å². The zero-order chi connectivity index (χ0) is 17.9. The Morgan fingerprint density at radius 2 is 1.46 bits per heavy atom. The van der Waals surface area contributed by atoms with E-state index in [-0.39, 0.29) is 16.9 Å². The van der Waals surface area contributed by atoms with Gasteiger partial charge in [0, 0.05) is 5.56 Å². The Balaban J connectivity index is 2.35. The molecule has 2 aromatic carbocycles. The van der Waals surface area contributed by atoms with Crippen molar-refractivity contribution < 1.29 is 30.0 Å². The molecule has 2 rings (SSSR count). The van der Waals surface area contributed by atoms with Crippen molar-refractivity contribution in [3.05, 3.63) is 53.1 Å². The minimum Gasteiger partial charge on any atom is -0.504 e. The minimum atomic E-state index is -1.12. The number of phenolic OH excluding ortho intramolecular Hbond substituents is 4. The van der Waals surface area contributed by atoms with E-state index in [4.69, 9.17) is 5.26 Å². The highest BCUT2D eigenvalue weighted by Crippen LogP contribution is 2.27. The highest BCUT2D eigenvalue weighted by molar-refractivity contribution is 6.50. The van der Waals surface area contributed by atoms with Gasteiger partial charge in [-0.25, -0.2) is 0 Å². The molecule has 7 nitrogen and oxygen atoms in total. The lowest BCUT2D eigenvalue weighted by molar-refractivity contribution is -0.111. The molecule has 0 unspecified atom stereocenters. The summed E-state index contributed by atoms with van der Waals surface area (Å²) in [5.41, 5.74) is -0.445. The first-order valence-corrected chi connectivity index (χ1v) is 6.58. The van der Waals surface area contributed by atoms with Crippen molar-refractivity contribution in [1.82, 2.24) is 0 Å². The Kier molecular flexibility index (Phi) is 4.52. The van der Waals surface area contributed by atoms with Crippen LogP contribution in [0.5, 0.6) is 23.0 Å². The fourth-order valence-electron chi connectivity index (χ4n) is 1.86. The normalized spacial score (nSPS) is 10.9. The van der Waals surface area contributed by atoms with Crippen molar-refractivity contribution in [2.24, 2.45) is 0 Å². The molecular weight excluding hydrogens is 314 g/mol. The van der Waals surface area contributed by atoms with Crippen LogP contribution in [0.4, 0.5) is 0 Å². The van der Waals surface area contributed by atoms with Crippen molar-refractivity contribution in [3.8, 4) is 29.1 Å². The number of aromatic hydroxyl groups is 4. The van der Waals surface area contributed by atoms with E-state index in [1.165, 1.54) is 12.1 Å². The lowest BCUT2D eigenvalue weighted by Crippen LogP contribution is -2.15. The summed E-state index contributed by atoms with van der Waals surface area (Å²) in [6, 6.07) is 8.32. The van der Waals surface area contributed by atoms with Crippen molar-refractivity contribution in [1.29, 1.82) is 5.26 Å². The molecule has 0 atom stereocenters. The Bertz CT molecular complexity index is 908. The van der Waals surface area contributed by atoms with Crippen LogP contribution in [0, 0.1) is 11.3 Å². The van der Waals surface area contributed by atoms with Gasteiger partial charge in [0.2, 0.25) is 11.6 Å². The molecule has 0 radical (unpaired) electrons. The zero-order valence-electron chi connectivity index (χ0n) is 12.1. The first-order valence-electron chi connectivity index (χ1n) is 6.58. The van der Waals surface area contributed by atoms with E-state index in [1.807, 2.05) is 0 Å². The first kappa shape index (κ1) is 16.6. The molecule has 0 fully saturated rings. The van der Waals surface area contributed by atoms with Gasteiger partial charge < -0.3 is 20.4 Å². The van der Waals surface area contributed by atoms with E-state index in [2.05, 4.69) is 0 Å². The number of Topliss-reactive ketones (excluding diaryl/α,β-unsaturated/α-hetero) is 2. The second-order valence-electron chi connectivity index (χ2n) is 4.78. The van der Waals surface area contributed by atoms with Gasteiger partial charge in [-0.3, -0.25) is 9.59 Å². The van der Waals surface area contributed by atoms with Crippen LogP contribution in [0.1, 0.15) is 15.9 Å². The van der Waals surface area contributed by atoms with E-state index < -0.39 is 34.4 Å². The highest BCUT2D eigenvalue weighted by Gasteiger charge is 2.22.